The van der Waals surface area contributed by atoms with E-state index in [1.165, 1.54) is 7.11 Å². The fourth-order valence-electron chi connectivity index (χ4n) is 3.02. The Morgan fingerprint density at radius 1 is 1.28 bits per heavy atom. The molecule has 1 unspecified atom stereocenters. The van der Waals surface area contributed by atoms with Crippen LogP contribution in [0.15, 0.2) is 48.5 Å². The van der Waals surface area contributed by atoms with Gasteiger partial charge in [0.25, 0.3) is 0 Å². The highest BCUT2D eigenvalue weighted by Gasteiger charge is 2.22. The molecule has 5 heteroatoms. The average Bonchev–Trinajstić information content (AvgIpc) is 2.95. The average molecular weight is 333 g/mol. The molecular weight excluding hydrogens is 314 g/mol. The van der Waals surface area contributed by atoms with E-state index in [4.69, 9.17) is 10.00 Å². The fraction of sp³-hybridized carbons (Fsp3) is 0.250. The van der Waals surface area contributed by atoms with Crippen LogP contribution in [0.4, 0.5) is 0 Å². The Morgan fingerprint density at radius 2 is 2.04 bits per heavy atom. The summed E-state index contributed by atoms with van der Waals surface area (Å²) in [6.45, 7) is 2.62. The molecule has 0 fully saturated rings. The summed E-state index contributed by atoms with van der Waals surface area (Å²) >= 11 is 0. The van der Waals surface area contributed by atoms with Crippen molar-refractivity contribution in [1.82, 2.24) is 9.78 Å². The molecule has 0 bridgehead atoms. The van der Waals surface area contributed by atoms with Gasteiger partial charge >= 0.3 is 5.97 Å². The van der Waals surface area contributed by atoms with Crippen LogP contribution in [0, 0.1) is 18.3 Å². The minimum atomic E-state index is -0.584. The molecule has 0 aliphatic rings. The number of methoxy groups -OCH3 is 1. The van der Waals surface area contributed by atoms with Crippen molar-refractivity contribution in [2.24, 2.45) is 0 Å². The van der Waals surface area contributed by atoms with Crippen molar-refractivity contribution in [3.63, 3.8) is 0 Å². The number of nitriles is 1. The molecule has 0 N–H and O–H groups in total. The Hall–Kier alpha value is -3.13. The Labute approximate surface area is 146 Å². The third-order valence-corrected chi connectivity index (χ3v) is 4.32. The molecule has 2 aromatic carbocycles. The number of aryl methyl sites for hydroxylation is 1. The quantitative estimate of drug-likeness (QED) is 0.670. The Bertz CT molecular complexity index is 939. The van der Waals surface area contributed by atoms with Gasteiger partial charge in [-0.1, -0.05) is 42.5 Å². The van der Waals surface area contributed by atoms with Crippen LogP contribution in [0.1, 0.15) is 29.2 Å². The summed E-state index contributed by atoms with van der Waals surface area (Å²) in [6, 6.07) is 17.9. The molecule has 0 amide bonds. The maximum Gasteiger partial charge on any atom is 0.314 e. The van der Waals surface area contributed by atoms with Crippen molar-refractivity contribution in [2.45, 2.75) is 25.8 Å². The van der Waals surface area contributed by atoms with E-state index in [9.17, 15) is 4.79 Å². The summed E-state index contributed by atoms with van der Waals surface area (Å²) in [6.07, 6.45) is 0.0873. The third kappa shape index (κ3) is 3.38. The summed E-state index contributed by atoms with van der Waals surface area (Å²) in [5.74, 6) is -0.980. The molecule has 3 rings (SSSR count). The molecule has 1 atom stereocenters. The largest absolute Gasteiger partial charge is 0.469 e. The highest BCUT2D eigenvalue weighted by atomic mass is 16.5. The number of esters is 1. The molecule has 0 radical (unpaired) electrons. The van der Waals surface area contributed by atoms with Gasteiger partial charge in [-0.3, -0.25) is 9.48 Å². The molecule has 25 heavy (non-hydrogen) atoms. The zero-order valence-corrected chi connectivity index (χ0v) is 14.3. The number of carbonyl (C=O) groups excluding carboxylic acids is 1. The number of carbonyl (C=O) groups is 1. The normalized spacial score (nSPS) is 11.9. The molecular formula is C20H19N3O2. The Kier molecular flexibility index (Phi) is 4.80. The molecule has 0 aliphatic carbocycles. The zero-order chi connectivity index (χ0) is 17.8. The van der Waals surface area contributed by atoms with Gasteiger partial charge in [-0.25, -0.2) is 0 Å². The second-order valence-corrected chi connectivity index (χ2v) is 5.94. The van der Waals surface area contributed by atoms with E-state index in [1.54, 1.807) is 0 Å². The fourth-order valence-corrected chi connectivity index (χ4v) is 3.02. The monoisotopic (exact) mass is 333 g/mol. The molecule has 0 spiro atoms. The van der Waals surface area contributed by atoms with Crippen molar-refractivity contribution in [2.75, 3.05) is 7.11 Å². The second-order valence-electron chi connectivity index (χ2n) is 5.94. The number of hydrogen-bond donors (Lipinski definition) is 0. The standard InChI is InChI=1S/C20H19N3O2/c1-14-17-9-8-16(18(10-11-21)20(24)25-2)12-19(17)23(22-14)13-15-6-4-3-5-7-15/h3-9,12,18H,10,13H2,1-2H3. The van der Waals surface area contributed by atoms with Gasteiger partial charge < -0.3 is 4.74 Å². The van der Waals surface area contributed by atoms with E-state index in [0.29, 0.717) is 6.54 Å². The highest BCUT2D eigenvalue weighted by molar-refractivity contribution is 5.85. The van der Waals surface area contributed by atoms with Crippen LogP contribution in [-0.4, -0.2) is 22.9 Å². The second kappa shape index (κ2) is 7.18. The van der Waals surface area contributed by atoms with Crippen LogP contribution in [0.3, 0.4) is 0 Å². The molecule has 0 saturated heterocycles. The van der Waals surface area contributed by atoms with E-state index < -0.39 is 11.9 Å². The van der Waals surface area contributed by atoms with E-state index in [-0.39, 0.29) is 6.42 Å². The minimum Gasteiger partial charge on any atom is -0.469 e. The molecule has 126 valence electrons. The van der Waals surface area contributed by atoms with Gasteiger partial charge in [0, 0.05) is 5.39 Å². The maximum atomic E-state index is 12.0. The number of aromatic nitrogens is 2. The summed E-state index contributed by atoms with van der Waals surface area (Å²) in [7, 11) is 1.34. The van der Waals surface area contributed by atoms with Gasteiger partial charge in [0.05, 0.1) is 43.3 Å². The number of rotatable bonds is 5. The van der Waals surface area contributed by atoms with Gasteiger partial charge in [-0.2, -0.15) is 10.4 Å². The summed E-state index contributed by atoms with van der Waals surface area (Å²) in [5, 5.41) is 14.7. The summed E-state index contributed by atoms with van der Waals surface area (Å²) in [4.78, 5) is 12.0. The van der Waals surface area contributed by atoms with Crippen molar-refractivity contribution >= 4 is 16.9 Å². The smallest absolute Gasteiger partial charge is 0.314 e. The van der Waals surface area contributed by atoms with Gasteiger partial charge in [-0.05, 0) is 24.1 Å². The van der Waals surface area contributed by atoms with Crippen LogP contribution in [0.25, 0.3) is 10.9 Å². The first kappa shape index (κ1) is 16.7. The van der Waals surface area contributed by atoms with Crippen molar-refractivity contribution in [1.29, 1.82) is 5.26 Å². The van der Waals surface area contributed by atoms with Gasteiger partial charge in [0.1, 0.15) is 0 Å². The molecule has 0 aliphatic heterocycles. The minimum absolute atomic E-state index is 0.0873. The van der Waals surface area contributed by atoms with Crippen molar-refractivity contribution in [3.8, 4) is 6.07 Å². The lowest BCUT2D eigenvalue weighted by Gasteiger charge is -2.12. The summed E-state index contributed by atoms with van der Waals surface area (Å²) in [5.41, 5.74) is 3.81. The van der Waals surface area contributed by atoms with Gasteiger partial charge in [0.15, 0.2) is 0 Å². The van der Waals surface area contributed by atoms with E-state index >= 15 is 0 Å². The van der Waals surface area contributed by atoms with Crippen LogP contribution in [0.5, 0.6) is 0 Å². The first-order valence-corrected chi connectivity index (χ1v) is 8.09. The first-order valence-electron chi connectivity index (χ1n) is 8.09. The van der Waals surface area contributed by atoms with Crippen molar-refractivity contribution < 1.29 is 9.53 Å². The van der Waals surface area contributed by atoms with Crippen molar-refractivity contribution in [3.05, 3.63) is 65.4 Å². The number of ether oxygens (including phenoxy) is 1. The molecule has 1 heterocycles. The van der Waals surface area contributed by atoms with E-state index in [0.717, 1.165) is 27.7 Å². The Morgan fingerprint density at radius 3 is 2.72 bits per heavy atom. The topological polar surface area (TPSA) is 67.9 Å². The van der Waals surface area contributed by atoms with Gasteiger partial charge in [0.2, 0.25) is 0 Å². The lowest BCUT2D eigenvalue weighted by Crippen LogP contribution is -2.14. The molecule has 0 saturated carbocycles. The molecule has 5 nitrogen and oxygen atoms in total. The highest BCUT2D eigenvalue weighted by Crippen LogP contribution is 2.27. The van der Waals surface area contributed by atoms with Crippen LogP contribution in [0.2, 0.25) is 0 Å². The number of fused-ring (bicyclic) bond motifs is 1. The summed E-state index contributed by atoms with van der Waals surface area (Å²) < 4.78 is 6.78. The number of hydrogen-bond acceptors (Lipinski definition) is 4. The zero-order valence-electron chi connectivity index (χ0n) is 14.3. The third-order valence-electron chi connectivity index (χ3n) is 4.32. The van der Waals surface area contributed by atoms with Gasteiger partial charge in [-0.15, -0.1) is 0 Å². The van der Waals surface area contributed by atoms with Crippen LogP contribution in [-0.2, 0) is 16.1 Å². The predicted molar refractivity (Wildman–Crippen MR) is 95.0 cm³/mol. The van der Waals surface area contributed by atoms with E-state index in [1.807, 2.05) is 48.0 Å². The molecule has 1 aromatic heterocycles. The first-order chi connectivity index (χ1) is 12.1. The molecule has 3 aromatic rings. The lowest BCUT2D eigenvalue weighted by atomic mass is 9.95. The lowest BCUT2D eigenvalue weighted by molar-refractivity contribution is -0.142. The number of benzene rings is 2. The Balaban J connectivity index is 2.05. The van der Waals surface area contributed by atoms with Crippen LogP contribution < -0.4 is 0 Å². The van der Waals surface area contributed by atoms with E-state index in [2.05, 4.69) is 23.3 Å². The SMILES string of the molecule is COC(=O)C(CC#N)c1ccc2c(C)nn(Cc3ccccc3)c2c1. The maximum absolute atomic E-state index is 12.0. The van der Waals surface area contributed by atoms with Crippen LogP contribution >= 0.6 is 0 Å². The predicted octanol–water partition coefficient (Wildman–Crippen LogP) is 3.56. The number of nitrogens with zero attached hydrogens (tertiary/aromatic N) is 3.